The van der Waals surface area contributed by atoms with E-state index in [-0.39, 0.29) is 0 Å². The van der Waals surface area contributed by atoms with Gasteiger partial charge in [0.1, 0.15) is 0 Å². The van der Waals surface area contributed by atoms with Crippen LogP contribution < -0.4 is 11.1 Å². The van der Waals surface area contributed by atoms with Crippen LogP contribution in [0.25, 0.3) is 0 Å². The molecule has 1 aromatic rings. The molecule has 2 fully saturated rings. The molecule has 3 atom stereocenters. The second-order valence-corrected chi connectivity index (χ2v) is 5.73. The smallest absolute Gasteiger partial charge is 0.0992 e. The third-order valence-electron chi connectivity index (χ3n) is 4.62. The van der Waals surface area contributed by atoms with Gasteiger partial charge in [-0.1, -0.05) is 6.42 Å². The standard InChI is InChI=1S/C15H19N3/c16-8-11-2-4-15(14(17)7-11)18-9-13-6-10-1-3-12(13)5-10/h2,4,7,10,12-13,18H,1,3,5-6,9,17H2. The molecule has 3 heteroatoms. The third-order valence-corrected chi connectivity index (χ3v) is 4.62. The number of nitrogen functional groups attached to an aromatic ring is 1. The Kier molecular flexibility index (Phi) is 2.87. The Morgan fingerprint density at radius 3 is 2.83 bits per heavy atom. The Labute approximate surface area is 108 Å². The summed E-state index contributed by atoms with van der Waals surface area (Å²) in [6.45, 7) is 1.03. The number of hydrogen-bond donors (Lipinski definition) is 2. The Morgan fingerprint density at radius 2 is 2.22 bits per heavy atom. The molecule has 3 nitrogen and oxygen atoms in total. The molecule has 0 spiro atoms. The van der Waals surface area contributed by atoms with Crippen molar-refractivity contribution in [2.24, 2.45) is 17.8 Å². The van der Waals surface area contributed by atoms with Gasteiger partial charge in [-0.2, -0.15) is 5.26 Å². The zero-order valence-electron chi connectivity index (χ0n) is 10.5. The first-order valence-corrected chi connectivity index (χ1v) is 6.79. The van der Waals surface area contributed by atoms with Gasteiger partial charge in [0.05, 0.1) is 23.0 Å². The highest BCUT2D eigenvalue weighted by molar-refractivity contribution is 5.68. The maximum Gasteiger partial charge on any atom is 0.0992 e. The Morgan fingerprint density at radius 1 is 1.33 bits per heavy atom. The average Bonchev–Trinajstić information content (AvgIpc) is 2.99. The number of nitriles is 1. The van der Waals surface area contributed by atoms with Crippen molar-refractivity contribution in [2.75, 3.05) is 17.6 Å². The van der Waals surface area contributed by atoms with E-state index in [1.807, 2.05) is 12.1 Å². The Hall–Kier alpha value is -1.69. The molecule has 0 heterocycles. The predicted molar refractivity (Wildman–Crippen MR) is 73.0 cm³/mol. The fourth-order valence-corrected chi connectivity index (χ4v) is 3.66. The van der Waals surface area contributed by atoms with Crippen LogP contribution in [0.3, 0.4) is 0 Å². The van der Waals surface area contributed by atoms with Crippen LogP contribution >= 0.6 is 0 Å². The zero-order chi connectivity index (χ0) is 12.5. The van der Waals surface area contributed by atoms with Gasteiger partial charge in [-0.3, -0.25) is 0 Å². The quantitative estimate of drug-likeness (QED) is 0.800. The summed E-state index contributed by atoms with van der Waals surface area (Å²) in [7, 11) is 0. The molecule has 0 saturated heterocycles. The van der Waals surface area contributed by atoms with Crippen LogP contribution in [0.4, 0.5) is 11.4 Å². The minimum absolute atomic E-state index is 0.623. The van der Waals surface area contributed by atoms with Gasteiger partial charge in [0.25, 0.3) is 0 Å². The molecule has 2 aliphatic rings. The molecule has 94 valence electrons. The predicted octanol–water partition coefficient (Wildman–Crippen LogP) is 2.99. The van der Waals surface area contributed by atoms with E-state index in [4.69, 9.17) is 11.0 Å². The maximum atomic E-state index is 8.80. The molecule has 0 aromatic heterocycles. The van der Waals surface area contributed by atoms with Crippen LogP contribution in [0.2, 0.25) is 0 Å². The zero-order valence-corrected chi connectivity index (χ0v) is 10.5. The van der Waals surface area contributed by atoms with Gasteiger partial charge < -0.3 is 11.1 Å². The summed E-state index contributed by atoms with van der Waals surface area (Å²) in [6, 6.07) is 7.58. The number of nitrogens with zero attached hydrogens (tertiary/aromatic N) is 1. The molecule has 0 aliphatic heterocycles. The lowest BCUT2D eigenvalue weighted by Gasteiger charge is -2.22. The third kappa shape index (κ3) is 2.03. The molecule has 2 bridgehead atoms. The monoisotopic (exact) mass is 241 g/mol. The molecule has 0 radical (unpaired) electrons. The molecule has 1 aromatic carbocycles. The van der Waals surface area contributed by atoms with Crippen molar-refractivity contribution in [3.63, 3.8) is 0 Å². The van der Waals surface area contributed by atoms with Gasteiger partial charge in [0, 0.05) is 6.54 Å². The number of anilines is 2. The average molecular weight is 241 g/mol. The van der Waals surface area contributed by atoms with Crippen LogP contribution in [-0.4, -0.2) is 6.54 Å². The van der Waals surface area contributed by atoms with Crippen molar-refractivity contribution in [1.82, 2.24) is 0 Å². The normalized spacial score (nSPS) is 29.2. The number of rotatable bonds is 3. The summed E-state index contributed by atoms with van der Waals surface area (Å²) in [4.78, 5) is 0. The molecular weight excluding hydrogens is 222 g/mol. The summed E-state index contributed by atoms with van der Waals surface area (Å²) >= 11 is 0. The number of nitrogens with two attached hydrogens (primary N) is 1. The van der Waals surface area contributed by atoms with Gasteiger partial charge in [0.2, 0.25) is 0 Å². The van der Waals surface area contributed by atoms with Crippen molar-refractivity contribution >= 4 is 11.4 Å². The number of fused-ring (bicyclic) bond motifs is 2. The number of hydrogen-bond acceptors (Lipinski definition) is 3. The number of benzene rings is 1. The maximum absolute atomic E-state index is 8.80. The molecule has 0 amide bonds. The lowest BCUT2D eigenvalue weighted by atomic mass is 9.89. The highest BCUT2D eigenvalue weighted by Crippen LogP contribution is 2.48. The largest absolute Gasteiger partial charge is 0.397 e. The summed E-state index contributed by atoms with van der Waals surface area (Å²) < 4.78 is 0. The minimum atomic E-state index is 0.623. The molecule has 3 N–H and O–H groups in total. The van der Waals surface area contributed by atoms with E-state index >= 15 is 0 Å². The van der Waals surface area contributed by atoms with Gasteiger partial charge in [-0.05, 0) is 55.2 Å². The van der Waals surface area contributed by atoms with E-state index < -0.39 is 0 Å². The van der Waals surface area contributed by atoms with E-state index in [1.165, 1.54) is 25.7 Å². The molecular formula is C15H19N3. The SMILES string of the molecule is N#Cc1ccc(NCC2CC3CCC2C3)c(N)c1. The molecule has 2 aliphatic carbocycles. The molecule has 3 unspecified atom stereocenters. The van der Waals surface area contributed by atoms with Crippen LogP contribution in [0.15, 0.2) is 18.2 Å². The molecule has 3 rings (SSSR count). The first kappa shape index (κ1) is 11.4. The minimum Gasteiger partial charge on any atom is -0.397 e. The van der Waals surface area contributed by atoms with E-state index in [9.17, 15) is 0 Å². The van der Waals surface area contributed by atoms with E-state index in [0.717, 1.165) is 30.0 Å². The first-order chi connectivity index (χ1) is 8.76. The lowest BCUT2D eigenvalue weighted by molar-refractivity contribution is 0.348. The fourth-order valence-electron chi connectivity index (χ4n) is 3.66. The second-order valence-electron chi connectivity index (χ2n) is 5.73. The lowest BCUT2D eigenvalue weighted by Crippen LogP contribution is -2.20. The summed E-state index contributed by atoms with van der Waals surface area (Å²) in [5, 5.41) is 12.3. The second kappa shape index (κ2) is 4.53. The van der Waals surface area contributed by atoms with Crippen LogP contribution in [0.5, 0.6) is 0 Å². The van der Waals surface area contributed by atoms with Gasteiger partial charge in [0.15, 0.2) is 0 Å². The number of nitrogens with one attached hydrogen (secondary N) is 1. The van der Waals surface area contributed by atoms with E-state index in [1.54, 1.807) is 6.07 Å². The van der Waals surface area contributed by atoms with Gasteiger partial charge >= 0.3 is 0 Å². The first-order valence-electron chi connectivity index (χ1n) is 6.79. The van der Waals surface area contributed by atoms with Crippen molar-refractivity contribution < 1.29 is 0 Å². The highest BCUT2D eigenvalue weighted by atomic mass is 14.9. The summed E-state index contributed by atoms with van der Waals surface area (Å²) in [5.41, 5.74) is 8.21. The van der Waals surface area contributed by atoms with Crippen LogP contribution in [-0.2, 0) is 0 Å². The summed E-state index contributed by atoms with van der Waals surface area (Å²) in [6.07, 6.45) is 5.68. The highest BCUT2D eigenvalue weighted by Gasteiger charge is 2.39. The Balaban J connectivity index is 1.62. The van der Waals surface area contributed by atoms with E-state index in [2.05, 4.69) is 11.4 Å². The Bertz CT molecular complexity index is 489. The van der Waals surface area contributed by atoms with Crippen LogP contribution in [0.1, 0.15) is 31.2 Å². The van der Waals surface area contributed by atoms with Crippen molar-refractivity contribution in [3.8, 4) is 6.07 Å². The van der Waals surface area contributed by atoms with Crippen LogP contribution in [0, 0.1) is 29.1 Å². The fraction of sp³-hybridized carbons (Fsp3) is 0.533. The van der Waals surface area contributed by atoms with Gasteiger partial charge in [-0.25, -0.2) is 0 Å². The topological polar surface area (TPSA) is 61.8 Å². The van der Waals surface area contributed by atoms with Crippen molar-refractivity contribution in [2.45, 2.75) is 25.7 Å². The summed E-state index contributed by atoms with van der Waals surface area (Å²) in [5.74, 6) is 2.74. The van der Waals surface area contributed by atoms with E-state index in [0.29, 0.717) is 11.3 Å². The van der Waals surface area contributed by atoms with Crippen molar-refractivity contribution in [3.05, 3.63) is 23.8 Å². The van der Waals surface area contributed by atoms with Crippen molar-refractivity contribution in [1.29, 1.82) is 5.26 Å². The van der Waals surface area contributed by atoms with Gasteiger partial charge in [-0.15, -0.1) is 0 Å². The molecule has 18 heavy (non-hydrogen) atoms. The molecule has 2 saturated carbocycles.